The van der Waals surface area contributed by atoms with Crippen LogP contribution in [-0.2, 0) is 10.8 Å². The van der Waals surface area contributed by atoms with Gasteiger partial charge in [0.15, 0.2) is 0 Å². The van der Waals surface area contributed by atoms with Crippen LogP contribution in [0, 0.1) is 0 Å². The minimum atomic E-state index is -0.384. The summed E-state index contributed by atoms with van der Waals surface area (Å²) in [6, 6.07) is 92.7. The number of hydrogen-bond acceptors (Lipinski definition) is 1. The molecule has 11 aromatic carbocycles. The number of nitrogens with zero attached hydrogens (tertiary/aromatic N) is 1. The molecule has 0 fully saturated rings. The first kappa shape index (κ1) is 40.9. The molecule has 0 amide bonds. The Kier molecular flexibility index (Phi) is 8.66. The number of H-pyrrole nitrogens is 1. The Bertz CT molecular complexity index is 4130. The summed E-state index contributed by atoms with van der Waals surface area (Å²) in [5, 5.41) is 2.50. The average Bonchev–Trinajstić information content (AvgIpc) is 4.13. The summed E-state index contributed by atoms with van der Waals surface area (Å²) < 4.78 is 0. The summed E-state index contributed by atoms with van der Waals surface area (Å²) in [5.41, 5.74) is 28.5. The quantitative estimate of drug-likeness (QED) is 0.176. The van der Waals surface area contributed by atoms with Gasteiger partial charge < -0.3 is 9.88 Å². The van der Waals surface area contributed by atoms with E-state index in [0.717, 1.165) is 22.6 Å². The SMILES string of the molecule is CC1(C)c2ccccc2-c2cc3c(cc21)[nH]c1ccc(-c2cccc(N(c4ccc(-c5ccccc5)cc4)c4ccc(-c5cccc6c5-c5ccccc5C65c6ccccc6-c6ccccc65)cc4)c2)cc13. The van der Waals surface area contributed by atoms with Crippen molar-refractivity contribution in [2.75, 3.05) is 4.90 Å². The minimum absolute atomic E-state index is 0.0512. The summed E-state index contributed by atoms with van der Waals surface area (Å²) in [6.45, 7) is 4.70. The first-order chi connectivity index (χ1) is 35.4. The Hall–Kier alpha value is -8.98. The van der Waals surface area contributed by atoms with Gasteiger partial charge in [-0.1, -0.05) is 202 Å². The van der Waals surface area contributed by atoms with E-state index in [2.05, 4.69) is 272 Å². The number of hydrogen-bond donors (Lipinski definition) is 1. The molecule has 0 unspecified atom stereocenters. The Labute approximate surface area is 420 Å². The monoisotopic (exact) mass is 916 g/mol. The number of benzene rings is 11. The molecule has 15 rings (SSSR count). The molecular weight excluding hydrogens is 869 g/mol. The number of anilines is 3. The van der Waals surface area contributed by atoms with E-state index in [9.17, 15) is 0 Å². The van der Waals surface area contributed by atoms with Crippen LogP contribution >= 0.6 is 0 Å². The van der Waals surface area contributed by atoms with Gasteiger partial charge in [-0.15, -0.1) is 0 Å². The third-order valence-electron chi connectivity index (χ3n) is 16.4. The van der Waals surface area contributed by atoms with Crippen LogP contribution in [-0.4, -0.2) is 4.98 Å². The van der Waals surface area contributed by atoms with Crippen molar-refractivity contribution in [3.63, 3.8) is 0 Å². The topological polar surface area (TPSA) is 19.0 Å². The van der Waals surface area contributed by atoms with Gasteiger partial charge in [-0.05, 0) is 161 Å². The second-order valence-electron chi connectivity index (χ2n) is 20.5. The van der Waals surface area contributed by atoms with Gasteiger partial charge in [0, 0.05) is 44.3 Å². The summed E-state index contributed by atoms with van der Waals surface area (Å²) in [4.78, 5) is 6.19. The highest BCUT2D eigenvalue weighted by molar-refractivity contribution is 6.11. The molecule has 1 N–H and O–H groups in total. The van der Waals surface area contributed by atoms with Gasteiger partial charge in [0.2, 0.25) is 0 Å². The van der Waals surface area contributed by atoms with Gasteiger partial charge >= 0.3 is 0 Å². The zero-order chi connectivity index (χ0) is 47.7. The summed E-state index contributed by atoms with van der Waals surface area (Å²) in [5.74, 6) is 0. The molecule has 0 radical (unpaired) electrons. The Morgan fingerprint density at radius 3 is 1.47 bits per heavy atom. The van der Waals surface area contributed by atoms with Gasteiger partial charge in [0.05, 0.1) is 5.41 Å². The van der Waals surface area contributed by atoms with Crippen molar-refractivity contribution >= 4 is 38.9 Å². The van der Waals surface area contributed by atoms with E-state index in [0.29, 0.717) is 0 Å². The number of aromatic nitrogens is 1. The third-order valence-corrected chi connectivity index (χ3v) is 16.4. The van der Waals surface area contributed by atoms with Crippen molar-refractivity contribution in [1.82, 2.24) is 4.98 Å². The van der Waals surface area contributed by atoms with Gasteiger partial charge in [-0.3, -0.25) is 0 Å². The predicted octanol–water partition coefficient (Wildman–Crippen LogP) is 18.4. The average molecular weight is 917 g/mol. The van der Waals surface area contributed by atoms with Gasteiger partial charge in [-0.25, -0.2) is 0 Å². The van der Waals surface area contributed by atoms with Crippen molar-refractivity contribution in [3.8, 4) is 66.8 Å². The number of fused-ring (bicyclic) bond motifs is 16. The van der Waals surface area contributed by atoms with Crippen molar-refractivity contribution in [3.05, 3.63) is 282 Å². The molecule has 1 heterocycles. The van der Waals surface area contributed by atoms with E-state index in [-0.39, 0.29) is 10.8 Å². The molecule has 0 atom stereocenters. The Balaban J connectivity index is 0.847. The highest BCUT2D eigenvalue weighted by Gasteiger charge is 2.52. The van der Waals surface area contributed by atoms with Crippen LogP contribution in [0.5, 0.6) is 0 Å². The van der Waals surface area contributed by atoms with E-state index in [1.807, 2.05) is 0 Å². The zero-order valence-corrected chi connectivity index (χ0v) is 40.1. The molecule has 338 valence electrons. The predicted molar refractivity (Wildman–Crippen MR) is 301 cm³/mol. The molecule has 0 aliphatic heterocycles. The molecule has 3 aliphatic rings. The van der Waals surface area contributed by atoms with Gasteiger partial charge in [0.25, 0.3) is 0 Å². The zero-order valence-electron chi connectivity index (χ0n) is 40.1. The van der Waals surface area contributed by atoms with E-state index in [1.54, 1.807) is 0 Å². The molecule has 0 bridgehead atoms. The lowest BCUT2D eigenvalue weighted by molar-refractivity contribution is 0.661. The normalized spacial score (nSPS) is 13.9. The maximum Gasteiger partial charge on any atom is 0.0725 e. The number of nitrogens with one attached hydrogen (secondary N) is 1. The number of rotatable bonds is 6. The second-order valence-corrected chi connectivity index (χ2v) is 20.5. The molecule has 72 heavy (non-hydrogen) atoms. The summed E-state index contributed by atoms with van der Waals surface area (Å²) in [6.07, 6.45) is 0. The van der Waals surface area contributed by atoms with E-state index < -0.39 is 0 Å². The second kappa shape index (κ2) is 15.3. The van der Waals surface area contributed by atoms with Crippen molar-refractivity contribution < 1.29 is 0 Å². The molecule has 3 aliphatic carbocycles. The van der Waals surface area contributed by atoms with E-state index in [4.69, 9.17) is 0 Å². The largest absolute Gasteiger partial charge is 0.355 e. The molecule has 1 aromatic heterocycles. The van der Waals surface area contributed by atoms with Crippen LogP contribution in [0.3, 0.4) is 0 Å². The Morgan fingerprint density at radius 1 is 0.292 bits per heavy atom. The van der Waals surface area contributed by atoms with Crippen LogP contribution in [0.15, 0.2) is 249 Å². The molecular formula is C70H48N2. The standard InChI is InChI=1S/C70H48N2/c1-69(2)60-25-10-6-22-55(60)57-42-59-58-41-48(34-39-66(58)71-67(59)43-65(57)69)47-18-14-19-51(40-47)72(49-35-30-45(31-36-49)44-16-4-3-5-17-44)50-37-32-46(33-38-50)52-24-15-29-64-68(52)56-23-9-13-28-63(56)70(64)61-26-11-7-20-53(61)54-21-8-12-27-62(54)70/h3-43,71H,1-2H3. The lowest BCUT2D eigenvalue weighted by atomic mass is 9.70. The maximum absolute atomic E-state index is 3.79. The maximum atomic E-state index is 3.79. The van der Waals surface area contributed by atoms with Gasteiger partial charge in [0.1, 0.15) is 0 Å². The highest BCUT2D eigenvalue weighted by atomic mass is 15.1. The molecule has 2 heteroatoms. The molecule has 1 spiro atoms. The molecule has 12 aromatic rings. The van der Waals surface area contributed by atoms with Crippen molar-refractivity contribution in [2.24, 2.45) is 0 Å². The molecule has 2 nitrogen and oxygen atoms in total. The van der Waals surface area contributed by atoms with Crippen LogP contribution < -0.4 is 4.90 Å². The minimum Gasteiger partial charge on any atom is -0.355 e. The molecule has 0 saturated carbocycles. The highest BCUT2D eigenvalue weighted by Crippen LogP contribution is 2.64. The fourth-order valence-corrected chi connectivity index (χ4v) is 13.2. The third kappa shape index (κ3) is 5.72. The van der Waals surface area contributed by atoms with Crippen molar-refractivity contribution in [1.29, 1.82) is 0 Å². The van der Waals surface area contributed by atoms with Gasteiger partial charge in [-0.2, -0.15) is 0 Å². The smallest absolute Gasteiger partial charge is 0.0725 e. The summed E-state index contributed by atoms with van der Waals surface area (Å²) in [7, 11) is 0. The molecule has 0 saturated heterocycles. The Morgan fingerprint density at radius 2 is 0.778 bits per heavy atom. The van der Waals surface area contributed by atoms with Crippen LogP contribution in [0.1, 0.15) is 47.2 Å². The fraction of sp³-hybridized carbons (Fsp3) is 0.0571. The lowest BCUT2D eigenvalue weighted by Gasteiger charge is -2.30. The van der Waals surface area contributed by atoms with Crippen LogP contribution in [0.4, 0.5) is 17.1 Å². The fourth-order valence-electron chi connectivity index (χ4n) is 13.2. The first-order valence-corrected chi connectivity index (χ1v) is 25.2. The van der Waals surface area contributed by atoms with Crippen LogP contribution in [0.25, 0.3) is 88.6 Å². The summed E-state index contributed by atoms with van der Waals surface area (Å²) >= 11 is 0. The lowest BCUT2D eigenvalue weighted by Crippen LogP contribution is -2.25. The van der Waals surface area contributed by atoms with E-state index >= 15 is 0 Å². The van der Waals surface area contributed by atoms with E-state index in [1.165, 1.54) is 116 Å². The number of aromatic amines is 1. The van der Waals surface area contributed by atoms with Crippen LogP contribution in [0.2, 0.25) is 0 Å². The first-order valence-electron chi connectivity index (χ1n) is 25.2. The van der Waals surface area contributed by atoms with Crippen molar-refractivity contribution in [2.45, 2.75) is 24.7 Å².